The summed E-state index contributed by atoms with van der Waals surface area (Å²) in [5, 5.41) is 0. The first-order valence-electron chi connectivity index (χ1n) is 5.92. The summed E-state index contributed by atoms with van der Waals surface area (Å²) in [5.41, 5.74) is 1.28. The smallest absolute Gasteiger partial charge is 0.0552 e. The highest BCUT2D eigenvalue weighted by molar-refractivity contribution is 5.43. The Kier molecular flexibility index (Phi) is 3.24. The van der Waals surface area contributed by atoms with Crippen LogP contribution >= 0.6 is 0 Å². The first-order chi connectivity index (χ1) is 7.27. The van der Waals surface area contributed by atoms with E-state index in [1.165, 1.54) is 31.6 Å². The molecule has 1 aliphatic heterocycles. The zero-order chi connectivity index (χ0) is 10.7. The monoisotopic (exact) mass is 204 g/mol. The zero-order valence-electron chi connectivity index (χ0n) is 9.69. The molecule has 0 radical (unpaired) electrons. The van der Waals surface area contributed by atoms with Gasteiger partial charge in [0.1, 0.15) is 0 Å². The van der Waals surface area contributed by atoms with E-state index >= 15 is 0 Å². The van der Waals surface area contributed by atoms with E-state index in [0.717, 1.165) is 11.8 Å². The van der Waals surface area contributed by atoms with Crippen LogP contribution in [0.2, 0.25) is 0 Å². The summed E-state index contributed by atoms with van der Waals surface area (Å²) >= 11 is 0. The van der Waals surface area contributed by atoms with Crippen molar-refractivity contribution in [3.05, 3.63) is 24.5 Å². The van der Waals surface area contributed by atoms with Crippen LogP contribution in [-0.2, 0) is 0 Å². The van der Waals surface area contributed by atoms with Crippen molar-refractivity contribution < 1.29 is 0 Å². The summed E-state index contributed by atoms with van der Waals surface area (Å²) in [6.07, 6.45) is 6.52. The fourth-order valence-electron chi connectivity index (χ4n) is 2.33. The maximum atomic E-state index is 4.19. The van der Waals surface area contributed by atoms with Crippen LogP contribution in [0.5, 0.6) is 0 Å². The van der Waals surface area contributed by atoms with Crippen molar-refractivity contribution in [2.75, 3.05) is 18.0 Å². The lowest BCUT2D eigenvalue weighted by Gasteiger charge is -2.36. The predicted octanol–water partition coefficient (Wildman–Crippen LogP) is 2.95. The molecule has 0 amide bonds. The molecule has 2 heteroatoms. The van der Waals surface area contributed by atoms with Crippen molar-refractivity contribution in [3.8, 4) is 0 Å². The Bertz CT molecular complexity index is 295. The van der Waals surface area contributed by atoms with Crippen molar-refractivity contribution in [2.45, 2.75) is 26.7 Å². The lowest BCUT2D eigenvalue weighted by molar-refractivity contribution is 0.322. The van der Waals surface area contributed by atoms with Crippen molar-refractivity contribution in [1.29, 1.82) is 0 Å². The van der Waals surface area contributed by atoms with Gasteiger partial charge in [0.15, 0.2) is 0 Å². The predicted molar refractivity (Wildman–Crippen MR) is 64.0 cm³/mol. The zero-order valence-corrected chi connectivity index (χ0v) is 9.69. The summed E-state index contributed by atoms with van der Waals surface area (Å²) in [7, 11) is 0. The molecule has 1 unspecified atom stereocenters. The van der Waals surface area contributed by atoms with Gasteiger partial charge in [0.05, 0.1) is 11.9 Å². The molecule has 2 rings (SSSR count). The van der Waals surface area contributed by atoms with Crippen LogP contribution < -0.4 is 4.90 Å². The van der Waals surface area contributed by atoms with Crippen molar-refractivity contribution in [3.63, 3.8) is 0 Å². The minimum Gasteiger partial charge on any atom is -0.370 e. The third-order valence-electron chi connectivity index (χ3n) is 3.41. The van der Waals surface area contributed by atoms with Gasteiger partial charge in [-0.1, -0.05) is 13.8 Å². The highest BCUT2D eigenvalue weighted by Crippen LogP contribution is 2.26. The number of hydrogen-bond acceptors (Lipinski definition) is 2. The van der Waals surface area contributed by atoms with Crippen LogP contribution in [0.15, 0.2) is 24.5 Å². The average Bonchev–Trinajstić information content (AvgIpc) is 2.30. The summed E-state index contributed by atoms with van der Waals surface area (Å²) in [5.74, 6) is 1.64. The maximum Gasteiger partial charge on any atom is 0.0552 e. The molecule has 0 aliphatic carbocycles. The summed E-state index contributed by atoms with van der Waals surface area (Å²) in [4.78, 5) is 6.66. The first-order valence-corrected chi connectivity index (χ1v) is 5.92. The van der Waals surface area contributed by atoms with E-state index < -0.39 is 0 Å². The Labute approximate surface area is 92.3 Å². The van der Waals surface area contributed by atoms with E-state index in [1.54, 1.807) is 0 Å². The fourth-order valence-corrected chi connectivity index (χ4v) is 2.33. The maximum absolute atomic E-state index is 4.19. The molecule has 1 aliphatic rings. The van der Waals surface area contributed by atoms with Gasteiger partial charge in [0.2, 0.25) is 0 Å². The molecule has 1 aromatic rings. The minimum absolute atomic E-state index is 0.796. The Morgan fingerprint density at radius 2 is 2.33 bits per heavy atom. The molecule has 2 nitrogen and oxygen atoms in total. The lowest BCUT2D eigenvalue weighted by Crippen LogP contribution is -2.37. The standard InChI is InChI=1S/C13H20N2/c1-11(2)12-5-4-8-15(10-12)13-6-3-7-14-9-13/h3,6-7,9,11-12H,4-5,8,10H2,1-2H3. The van der Waals surface area contributed by atoms with E-state index in [1.807, 2.05) is 18.5 Å². The first kappa shape index (κ1) is 10.5. The Morgan fingerprint density at radius 1 is 1.47 bits per heavy atom. The Hall–Kier alpha value is -1.05. The van der Waals surface area contributed by atoms with Gasteiger partial charge in [-0.15, -0.1) is 0 Å². The van der Waals surface area contributed by atoms with Gasteiger partial charge >= 0.3 is 0 Å². The van der Waals surface area contributed by atoms with Crippen LogP contribution in [0.1, 0.15) is 26.7 Å². The van der Waals surface area contributed by atoms with E-state index in [-0.39, 0.29) is 0 Å². The van der Waals surface area contributed by atoms with Crippen LogP contribution in [0.25, 0.3) is 0 Å². The molecule has 0 spiro atoms. The molecule has 1 fully saturated rings. The SMILES string of the molecule is CC(C)C1CCCN(c2cccnc2)C1. The number of anilines is 1. The molecule has 1 saturated heterocycles. The van der Waals surface area contributed by atoms with E-state index in [0.29, 0.717) is 0 Å². The largest absolute Gasteiger partial charge is 0.370 e. The van der Waals surface area contributed by atoms with Crippen LogP contribution in [-0.4, -0.2) is 18.1 Å². The van der Waals surface area contributed by atoms with E-state index in [4.69, 9.17) is 0 Å². The third-order valence-corrected chi connectivity index (χ3v) is 3.41. The molecule has 15 heavy (non-hydrogen) atoms. The molecule has 0 N–H and O–H groups in total. The molecule has 2 heterocycles. The second-order valence-corrected chi connectivity index (χ2v) is 4.80. The minimum atomic E-state index is 0.796. The highest BCUT2D eigenvalue weighted by Gasteiger charge is 2.22. The second kappa shape index (κ2) is 4.65. The van der Waals surface area contributed by atoms with Gasteiger partial charge in [-0.05, 0) is 36.8 Å². The van der Waals surface area contributed by atoms with Gasteiger partial charge in [0.25, 0.3) is 0 Å². The molecule has 0 saturated carbocycles. The Morgan fingerprint density at radius 3 is 3.00 bits per heavy atom. The van der Waals surface area contributed by atoms with Gasteiger partial charge in [-0.3, -0.25) is 4.98 Å². The number of hydrogen-bond donors (Lipinski definition) is 0. The fraction of sp³-hybridized carbons (Fsp3) is 0.615. The molecule has 0 aromatic carbocycles. The molecule has 1 atom stereocenters. The van der Waals surface area contributed by atoms with Gasteiger partial charge < -0.3 is 4.90 Å². The summed E-state index contributed by atoms with van der Waals surface area (Å²) in [6.45, 7) is 7.05. The van der Waals surface area contributed by atoms with Crippen molar-refractivity contribution in [2.24, 2.45) is 11.8 Å². The number of rotatable bonds is 2. The summed E-state index contributed by atoms with van der Waals surface area (Å²) < 4.78 is 0. The van der Waals surface area contributed by atoms with Gasteiger partial charge in [0, 0.05) is 19.3 Å². The molecular formula is C13H20N2. The molecule has 0 bridgehead atoms. The number of pyridine rings is 1. The summed E-state index contributed by atoms with van der Waals surface area (Å²) in [6, 6.07) is 4.18. The topological polar surface area (TPSA) is 16.1 Å². The van der Waals surface area contributed by atoms with Crippen LogP contribution in [0.3, 0.4) is 0 Å². The van der Waals surface area contributed by atoms with Crippen molar-refractivity contribution >= 4 is 5.69 Å². The number of nitrogens with zero attached hydrogens (tertiary/aromatic N) is 2. The quantitative estimate of drug-likeness (QED) is 0.736. The van der Waals surface area contributed by atoms with E-state index in [2.05, 4.69) is 29.8 Å². The van der Waals surface area contributed by atoms with Crippen molar-refractivity contribution in [1.82, 2.24) is 4.98 Å². The van der Waals surface area contributed by atoms with Crippen LogP contribution in [0.4, 0.5) is 5.69 Å². The second-order valence-electron chi connectivity index (χ2n) is 4.80. The van der Waals surface area contributed by atoms with Gasteiger partial charge in [-0.2, -0.15) is 0 Å². The molecular weight excluding hydrogens is 184 g/mol. The Balaban J connectivity index is 2.05. The number of aromatic nitrogens is 1. The highest BCUT2D eigenvalue weighted by atomic mass is 15.1. The van der Waals surface area contributed by atoms with Crippen LogP contribution in [0, 0.1) is 11.8 Å². The normalized spacial score (nSPS) is 22.1. The number of piperidine rings is 1. The molecule has 1 aromatic heterocycles. The molecule has 82 valence electrons. The third kappa shape index (κ3) is 2.49. The van der Waals surface area contributed by atoms with Gasteiger partial charge in [-0.25, -0.2) is 0 Å². The lowest BCUT2D eigenvalue weighted by atomic mass is 9.88. The van der Waals surface area contributed by atoms with E-state index in [9.17, 15) is 0 Å². The average molecular weight is 204 g/mol.